The van der Waals surface area contributed by atoms with Gasteiger partial charge in [0.05, 0.1) is 13.2 Å². The van der Waals surface area contributed by atoms with Gasteiger partial charge in [0.25, 0.3) is 0 Å². The van der Waals surface area contributed by atoms with E-state index in [2.05, 4.69) is 0 Å². The lowest BCUT2D eigenvalue weighted by atomic mass is 9.98. The van der Waals surface area contributed by atoms with Crippen molar-refractivity contribution in [3.05, 3.63) is 29.8 Å². The number of aromatic hydroxyl groups is 1. The first-order chi connectivity index (χ1) is 11.4. The number of aliphatic hydroxyl groups excluding tert-OH is 6. The number of rotatable bonds is 6. The number of phenols is 1. The number of hydrogen-bond acceptors (Lipinski definition) is 9. The van der Waals surface area contributed by atoms with Crippen LogP contribution in [0.4, 0.5) is 0 Å². The van der Waals surface area contributed by atoms with E-state index in [1.807, 2.05) is 0 Å². The van der Waals surface area contributed by atoms with Gasteiger partial charge in [-0.15, -0.1) is 0 Å². The van der Waals surface area contributed by atoms with Crippen molar-refractivity contribution < 1.29 is 45.2 Å². The summed E-state index contributed by atoms with van der Waals surface area (Å²) >= 11 is 0. The monoisotopic (exact) mass is 346 g/mol. The van der Waals surface area contributed by atoms with Crippen LogP contribution in [0.5, 0.6) is 5.75 Å². The Morgan fingerprint density at radius 1 is 1.00 bits per heavy atom. The normalized spacial score (nSPS) is 33.2. The minimum Gasteiger partial charge on any atom is -0.508 e. The van der Waals surface area contributed by atoms with Crippen molar-refractivity contribution in [2.24, 2.45) is 0 Å². The van der Waals surface area contributed by atoms with E-state index in [1.165, 1.54) is 24.3 Å². The molecule has 1 heterocycles. The Labute approximate surface area is 137 Å². The SMILES string of the molecule is OCC(O)C(OC1OC(CO)C(O)C(O)C1O)c1ccc(O)cc1. The number of hydrogen-bond donors (Lipinski definition) is 7. The Morgan fingerprint density at radius 2 is 1.62 bits per heavy atom. The average molecular weight is 346 g/mol. The Kier molecular flexibility index (Phi) is 6.49. The fourth-order valence-electron chi connectivity index (χ4n) is 2.48. The second-order valence-corrected chi connectivity index (χ2v) is 5.60. The van der Waals surface area contributed by atoms with Crippen molar-refractivity contribution in [1.82, 2.24) is 0 Å². The number of aliphatic hydroxyl groups is 6. The molecule has 0 aliphatic carbocycles. The molecule has 1 aromatic rings. The van der Waals surface area contributed by atoms with Crippen molar-refractivity contribution in [3.8, 4) is 5.75 Å². The van der Waals surface area contributed by atoms with Crippen molar-refractivity contribution in [2.45, 2.75) is 42.9 Å². The lowest BCUT2D eigenvalue weighted by Gasteiger charge is -2.41. The van der Waals surface area contributed by atoms with E-state index in [0.29, 0.717) is 5.56 Å². The predicted molar refractivity (Wildman–Crippen MR) is 78.8 cm³/mol. The third-order valence-corrected chi connectivity index (χ3v) is 3.89. The summed E-state index contributed by atoms with van der Waals surface area (Å²) in [5, 5.41) is 67.2. The third-order valence-electron chi connectivity index (χ3n) is 3.89. The molecule has 7 atom stereocenters. The van der Waals surface area contributed by atoms with Gasteiger partial charge in [-0.25, -0.2) is 0 Å². The van der Waals surface area contributed by atoms with Crippen LogP contribution in [-0.2, 0) is 9.47 Å². The topological polar surface area (TPSA) is 160 Å². The standard InChI is InChI=1S/C15H22O9/c16-5-9(19)14(7-1-3-8(18)4-2-7)24-15-13(22)12(21)11(20)10(6-17)23-15/h1-4,9-22H,5-6H2. The van der Waals surface area contributed by atoms with Gasteiger partial charge in [-0.05, 0) is 17.7 Å². The highest BCUT2D eigenvalue weighted by atomic mass is 16.7. The first-order valence-electron chi connectivity index (χ1n) is 7.42. The van der Waals surface area contributed by atoms with Crippen LogP contribution in [0.3, 0.4) is 0 Å². The zero-order valence-corrected chi connectivity index (χ0v) is 12.7. The van der Waals surface area contributed by atoms with E-state index in [1.54, 1.807) is 0 Å². The molecule has 1 aliphatic rings. The van der Waals surface area contributed by atoms with Crippen molar-refractivity contribution in [3.63, 3.8) is 0 Å². The van der Waals surface area contributed by atoms with Crippen LogP contribution in [0.1, 0.15) is 11.7 Å². The van der Waals surface area contributed by atoms with Crippen LogP contribution in [0, 0.1) is 0 Å². The summed E-state index contributed by atoms with van der Waals surface area (Å²) in [5.74, 6) is -0.0103. The van der Waals surface area contributed by atoms with Gasteiger partial charge >= 0.3 is 0 Å². The number of phenolic OH excluding ortho intramolecular Hbond substituents is 1. The molecule has 0 saturated carbocycles. The summed E-state index contributed by atoms with van der Waals surface area (Å²) in [6, 6.07) is 5.60. The molecule has 0 spiro atoms. The molecule has 0 bridgehead atoms. The van der Waals surface area contributed by atoms with E-state index in [9.17, 15) is 30.6 Å². The molecule has 1 aromatic carbocycles. The zero-order chi connectivity index (χ0) is 17.9. The first-order valence-corrected chi connectivity index (χ1v) is 7.42. The highest BCUT2D eigenvalue weighted by molar-refractivity contribution is 5.28. The summed E-state index contributed by atoms with van der Waals surface area (Å²) in [6.45, 7) is -1.26. The molecule has 0 radical (unpaired) electrons. The van der Waals surface area contributed by atoms with Crippen LogP contribution >= 0.6 is 0 Å². The van der Waals surface area contributed by atoms with Crippen LogP contribution in [0.2, 0.25) is 0 Å². The van der Waals surface area contributed by atoms with Crippen LogP contribution in [0.15, 0.2) is 24.3 Å². The predicted octanol–water partition coefficient (Wildman–Crippen LogP) is -2.40. The minimum atomic E-state index is -1.63. The van der Waals surface area contributed by atoms with Crippen LogP contribution < -0.4 is 0 Å². The zero-order valence-electron chi connectivity index (χ0n) is 12.7. The fraction of sp³-hybridized carbons (Fsp3) is 0.600. The van der Waals surface area contributed by atoms with Gasteiger partial charge in [0, 0.05) is 0 Å². The second kappa shape index (κ2) is 8.19. The highest BCUT2D eigenvalue weighted by Gasteiger charge is 2.45. The van der Waals surface area contributed by atoms with Gasteiger partial charge in [0.2, 0.25) is 0 Å². The molecule has 9 nitrogen and oxygen atoms in total. The fourth-order valence-corrected chi connectivity index (χ4v) is 2.48. The lowest BCUT2D eigenvalue weighted by molar-refractivity contribution is -0.319. The first kappa shape index (κ1) is 19.0. The summed E-state index contributed by atoms with van der Waals surface area (Å²) in [6.07, 6.45) is -9.90. The Bertz CT molecular complexity index is 506. The smallest absolute Gasteiger partial charge is 0.187 e. The van der Waals surface area contributed by atoms with E-state index in [0.717, 1.165) is 0 Å². The maximum absolute atomic E-state index is 9.99. The molecular formula is C15H22O9. The lowest BCUT2D eigenvalue weighted by Crippen LogP contribution is -2.59. The third kappa shape index (κ3) is 4.02. The molecule has 9 heteroatoms. The molecule has 0 amide bonds. The van der Waals surface area contributed by atoms with Crippen LogP contribution in [0.25, 0.3) is 0 Å². The maximum Gasteiger partial charge on any atom is 0.187 e. The summed E-state index contributed by atoms with van der Waals surface area (Å²) in [5.41, 5.74) is 0.381. The van der Waals surface area contributed by atoms with E-state index >= 15 is 0 Å². The van der Waals surface area contributed by atoms with Crippen molar-refractivity contribution in [2.75, 3.05) is 13.2 Å². The van der Waals surface area contributed by atoms with Gasteiger partial charge in [0.15, 0.2) is 6.29 Å². The molecule has 7 unspecified atom stereocenters. The summed E-state index contributed by atoms with van der Waals surface area (Å²) in [7, 11) is 0. The van der Waals surface area contributed by atoms with Gasteiger partial charge in [-0.1, -0.05) is 12.1 Å². The molecule has 1 fully saturated rings. The number of ether oxygens (including phenoxy) is 2. The Morgan fingerprint density at radius 3 is 2.17 bits per heavy atom. The molecule has 7 N–H and O–H groups in total. The van der Waals surface area contributed by atoms with E-state index < -0.39 is 56.1 Å². The summed E-state index contributed by atoms with van der Waals surface area (Å²) in [4.78, 5) is 0. The molecule has 0 aromatic heterocycles. The molecular weight excluding hydrogens is 324 g/mol. The highest BCUT2D eigenvalue weighted by Crippen LogP contribution is 2.30. The minimum absolute atomic E-state index is 0.0103. The number of benzene rings is 1. The maximum atomic E-state index is 9.99. The Hall–Kier alpha value is -1.30. The Balaban J connectivity index is 2.20. The van der Waals surface area contributed by atoms with E-state index in [-0.39, 0.29) is 5.75 Å². The van der Waals surface area contributed by atoms with Gasteiger partial charge in [-0.3, -0.25) is 0 Å². The molecule has 2 rings (SSSR count). The quantitative estimate of drug-likeness (QED) is 0.298. The average Bonchev–Trinajstić information content (AvgIpc) is 2.59. The van der Waals surface area contributed by atoms with Gasteiger partial charge in [0.1, 0.15) is 42.4 Å². The molecule has 1 aliphatic heterocycles. The second-order valence-electron chi connectivity index (χ2n) is 5.60. The van der Waals surface area contributed by atoms with Crippen molar-refractivity contribution in [1.29, 1.82) is 0 Å². The van der Waals surface area contributed by atoms with Crippen molar-refractivity contribution >= 4 is 0 Å². The van der Waals surface area contributed by atoms with Gasteiger partial charge in [-0.2, -0.15) is 0 Å². The van der Waals surface area contributed by atoms with Gasteiger partial charge < -0.3 is 45.2 Å². The molecule has 136 valence electrons. The molecule has 1 saturated heterocycles. The molecule has 24 heavy (non-hydrogen) atoms. The summed E-state index contributed by atoms with van der Waals surface area (Å²) < 4.78 is 10.7. The largest absolute Gasteiger partial charge is 0.508 e. The van der Waals surface area contributed by atoms with Crippen LogP contribution in [-0.4, -0.2) is 85.8 Å². The van der Waals surface area contributed by atoms with E-state index in [4.69, 9.17) is 14.6 Å².